The van der Waals surface area contributed by atoms with Gasteiger partial charge < -0.3 is 10.1 Å². The molecule has 0 saturated heterocycles. The van der Waals surface area contributed by atoms with Crippen molar-refractivity contribution < 1.29 is 4.74 Å². The number of nitrogens with one attached hydrogen (secondary N) is 1. The average Bonchev–Trinajstić information content (AvgIpc) is 2.72. The molecule has 0 saturated carbocycles. The molecule has 0 heterocycles. The third-order valence-electron chi connectivity index (χ3n) is 3.51. The lowest BCUT2D eigenvalue weighted by Crippen LogP contribution is -2.04. The van der Waals surface area contributed by atoms with Crippen molar-refractivity contribution in [1.82, 2.24) is 5.32 Å². The minimum absolute atomic E-state index is 0.844. The van der Waals surface area contributed by atoms with Gasteiger partial charge in [-0.2, -0.15) is 0 Å². The lowest BCUT2D eigenvalue weighted by atomic mass is 10.1. The van der Waals surface area contributed by atoms with Crippen molar-refractivity contribution >= 4 is 0 Å². The Morgan fingerprint density at radius 2 is 1.07 bits per heavy atom. The van der Waals surface area contributed by atoms with E-state index in [4.69, 9.17) is 4.74 Å². The highest BCUT2D eigenvalue weighted by atomic mass is 16.5. The molecule has 0 aromatic heterocycles. The van der Waals surface area contributed by atoms with Gasteiger partial charge in [-0.1, -0.05) is 101 Å². The molecule has 0 aliphatic carbocycles. The molecule has 0 spiro atoms. The molecule has 154 valence electrons. The molecule has 2 nitrogen and oxygen atoms in total. The molecule has 0 amide bonds. The maximum absolute atomic E-state index is 4.83. The second-order valence-corrected chi connectivity index (χ2v) is 6.03. The Bertz CT molecular complexity index is 425. The highest BCUT2D eigenvalue weighted by molar-refractivity contribution is 5.14. The minimum atomic E-state index is 0.844. The number of benzene rings is 2. The Morgan fingerprint density at radius 3 is 1.37 bits per heavy atom. The molecule has 0 aliphatic heterocycles. The molecular weight excluding hydrogens is 330 g/mol. The molecule has 27 heavy (non-hydrogen) atoms. The van der Waals surface area contributed by atoms with Gasteiger partial charge in [0, 0.05) is 19.8 Å². The second kappa shape index (κ2) is 24.4. The van der Waals surface area contributed by atoms with Crippen LogP contribution in [0.3, 0.4) is 0 Å². The van der Waals surface area contributed by atoms with Gasteiger partial charge >= 0.3 is 0 Å². The largest absolute Gasteiger partial charge is 0.382 e. The van der Waals surface area contributed by atoms with Gasteiger partial charge in [-0.3, -0.25) is 0 Å². The Labute approximate surface area is 169 Å². The number of hydrogen-bond acceptors (Lipinski definition) is 2. The second-order valence-electron chi connectivity index (χ2n) is 6.03. The summed E-state index contributed by atoms with van der Waals surface area (Å²) in [6.07, 6.45) is 5.09. The minimum Gasteiger partial charge on any atom is -0.382 e. The van der Waals surface area contributed by atoms with Gasteiger partial charge in [0.1, 0.15) is 0 Å². The van der Waals surface area contributed by atoms with Crippen LogP contribution < -0.4 is 5.32 Å². The van der Waals surface area contributed by atoms with Crippen molar-refractivity contribution in [1.29, 1.82) is 0 Å². The molecule has 2 aromatic carbocycles. The molecule has 0 fully saturated rings. The Balaban J connectivity index is 0. The Kier molecular flexibility index (Phi) is 24.9. The van der Waals surface area contributed by atoms with E-state index in [-0.39, 0.29) is 0 Å². The van der Waals surface area contributed by atoms with Crippen LogP contribution in [-0.4, -0.2) is 20.3 Å². The van der Waals surface area contributed by atoms with Gasteiger partial charge in [-0.15, -0.1) is 0 Å². The fourth-order valence-electron chi connectivity index (χ4n) is 1.94. The first-order valence-electron chi connectivity index (χ1n) is 10.5. The van der Waals surface area contributed by atoms with Crippen LogP contribution in [-0.2, 0) is 17.7 Å². The number of aryl methyl sites for hydroxylation is 1. The average molecular weight is 374 g/mol. The van der Waals surface area contributed by atoms with Gasteiger partial charge in [0.25, 0.3) is 0 Å². The SMILES string of the molecule is CCCC.CCCc1ccccc1.CCOCC.CNCc1ccccc1. The summed E-state index contributed by atoms with van der Waals surface area (Å²) in [5, 5.41) is 3.08. The quantitative estimate of drug-likeness (QED) is 0.570. The van der Waals surface area contributed by atoms with Crippen molar-refractivity contribution in [2.75, 3.05) is 20.3 Å². The monoisotopic (exact) mass is 373 g/mol. The van der Waals surface area contributed by atoms with Crippen molar-refractivity contribution in [2.45, 2.75) is 66.8 Å². The summed E-state index contributed by atoms with van der Waals surface area (Å²) >= 11 is 0. The first-order valence-corrected chi connectivity index (χ1v) is 10.5. The zero-order valence-electron chi connectivity index (χ0n) is 18.6. The van der Waals surface area contributed by atoms with Gasteiger partial charge in [0.05, 0.1) is 0 Å². The van der Waals surface area contributed by atoms with E-state index in [1.165, 1.54) is 36.8 Å². The van der Waals surface area contributed by atoms with Crippen LogP contribution in [0.1, 0.15) is 65.0 Å². The molecule has 0 aliphatic rings. The van der Waals surface area contributed by atoms with E-state index in [0.29, 0.717) is 0 Å². The summed E-state index contributed by atoms with van der Waals surface area (Å²) in [6, 6.07) is 20.9. The van der Waals surface area contributed by atoms with Crippen molar-refractivity contribution in [3.05, 3.63) is 71.8 Å². The normalized spacial score (nSPS) is 8.96. The summed E-state index contributed by atoms with van der Waals surface area (Å²) in [6.45, 7) is 13.2. The van der Waals surface area contributed by atoms with E-state index >= 15 is 0 Å². The van der Waals surface area contributed by atoms with Crippen LogP contribution >= 0.6 is 0 Å². The molecule has 0 radical (unpaired) electrons. The molecule has 0 bridgehead atoms. The predicted molar refractivity (Wildman–Crippen MR) is 122 cm³/mol. The van der Waals surface area contributed by atoms with Gasteiger partial charge in [0.2, 0.25) is 0 Å². The molecule has 2 heteroatoms. The molecule has 2 aromatic rings. The van der Waals surface area contributed by atoms with E-state index in [0.717, 1.165) is 19.8 Å². The zero-order chi connectivity index (χ0) is 20.6. The fourth-order valence-corrected chi connectivity index (χ4v) is 1.94. The molecule has 2 rings (SSSR count). The van der Waals surface area contributed by atoms with Crippen LogP contribution in [0, 0.1) is 0 Å². The lowest BCUT2D eigenvalue weighted by molar-refractivity contribution is 0.162. The molecule has 0 unspecified atom stereocenters. The number of ether oxygens (including phenoxy) is 1. The van der Waals surface area contributed by atoms with Gasteiger partial charge in [0.15, 0.2) is 0 Å². The van der Waals surface area contributed by atoms with E-state index in [1.54, 1.807) is 0 Å². The van der Waals surface area contributed by atoms with Gasteiger partial charge in [-0.05, 0) is 38.4 Å². The van der Waals surface area contributed by atoms with E-state index in [2.05, 4.69) is 68.6 Å². The van der Waals surface area contributed by atoms with Crippen LogP contribution in [0.5, 0.6) is 0 Å². The molecular formula is C25H43NO. The standard InChI is InChI=1S/C9H12.C8H11N.C4H10O.C4H10/c1-2-6-9-7-4-3-5-8-9;1-9-7-8-5-3-2-4-6-8;1-3-5-4-2;1-3-4-2/h3-5,7-8H,2,6H2,1H3;2-6,9H,7H2,1H3;3-4H2,1-2H3;3-4H2,1-2H3. The highest BCUT2D eigenvalue weighted by Crippen LogP contribution is 2.00. The summed E-state index contributed by atoms with van der Waals surface area (Å²) < 4.78 is 4.83. The maximum atomic E-state index is 4.83. The predicted octanol–water partition coefficient (Wildman–Crippen LogP) is 6.89. The maximum Gasteiger partial charge on any atom is 0.0437 e. The van der Waals surface area contributed by atoms with E-state index < -0.39 is 0 Å². The van der Waals surface area contributed by atoms with Crippen molar-refractivity contribution in [3.8, 4) is 0 Å². The molecule has 0 atom stereocenters. The summed E-state index contributed by atoms with van der Waals surface area (Å²) in [4.78, 5) is 0. The van der Waals surface area contributed by atoms with Crippen molar-refractivity contribution in [2.24, 2.45) is 0 Å². The lowest BCUT2D eigenvalue weighted by Gasteiger charge is -1.95. The van der Waals surface area contributed by atoms with Crippen LogP contribution in [0.25, 0.3) is 0 Å². The van der Waals surface area contributed by atoms with Crippen molar-refractivity contribution in [3.63, 3.8) is 0 Å². The third-order valence-corrected chi connectivity index (χ3v) is 3.51. The number of unbranched alkanes of at least 4 members (excludes halogenated alkanes) is 1. The topological polar surface area (TPSA) is 21.3 Å². The number of rotatable bonds is 7. The fraction of sp³-hybridized carbons (Fsp3) is 0.520. The van der Waals surface area contributed by atoms with E-state index in [9.17, 15) is 0 Å². The summed E-state index contributed by atoms with van der Waals surface area (Å²) in [5.41, 5.74) is 2.78. The first kappa shape index (κ1) is 27.6. The Morgan fingerprint density at radius 1 is 0.630 bits per heavy atom. The van der Waals surface area contributed by atoms with Crippen LogP contribution in [0.15, 0.2) is 60.7 Å². The summed E-state index contributed by atoms with van der Waals surface area (Å²) in [7, 11) is 1.95. The van der Waals surface area contributed by atoms with Crippen LogP contribution in [0.2, 0.25) is 0 Å². The summed E-state index contributed by atoms with van der Waals surface area (Å²) in [5.74, 6) is 0. The third kappa shape index (κ3) is 22.3. The molecule has 1 N–H and O–H groups in total. The highest BCUT2D eigenvalue weighted by Gasteiger charge is 1.85. The van der Waals surface area contributed by atoms with Crippen LogP contribution in [0.4, 0.5) is 0 Å². The first-order chi connectivity index (χ1) is 13.2. The smallest absolute Gasteiger partial charge is 0.0437 e. The van der Waals surface area contributed by atoms with E-state index in [1.807, 2.05) is 39.1 Å². The zero-order valence-corrected chi connectivity index (χ0v) is 18.6. The Hall–Kier alpha value is -1.64. The number of hydrogen-bond donors (Lipinski definition) is 1. The van der Waals surface area contributed by atoms with Gasteiger partial charge in [-0.25, -0.2) is 0 Å².